The van der Waals surface area contributed by atoms with Crippen molar-refractivity contribution in [3.05, 3.63) is 17.5 Å². The molecule has 3 rings (SSSR count). The van der Waals surface area contributed by atoms with Gasteiger partial charge in [-0.05, 0) is 64.0 Å². The summed E-state index contributed by atoms with van der Waals surface area (Å²) in [7, 11) is 0. The second-order valence-corrected chi connectivity index (χ2v) is 6.97. The van der Waals surface area contributed by atoms with Crippen molar-refractivity contribution in [1.82, 2.24) is 15.1 Å². The van der Waals surface area contributed by atoms with Gasteiger partial charge in [-0.15, -0.1) is 0 Å². The van der Waals surface area contributed by atoms with Crippen LogP contribution in [0.25, 0.3) is 0 Å². The first-order valence-corrected chi connectivity index (χ1v) is 8.44. The Morgan fingerprint density at radius 2 is 2.05 bits per heavy atom. The Morgan fingerprint density at radius 3 is 2.65 bits per heavy atom. The second-order valence-electron chi connectivity index (χ2n) is 6.97. The average molecular weight is 275 g/mol. The molecule has 1 aromatic heterocycles. The molecule has 1 spiro atoms. The van der Waals surface area contributed by atoms with Crippen molar-refractivity contribution >= 4 is 0 Å². The summed E-state index contributed by atoms with van der Waals surface area (Å²) in [6.07, 6.45) is 11.4. The van der Waals surface area contributed by atoms with Crippen molar-refractivity contribution in [3.63, 3.8) is 0 Å². The molecule has 2 aliphatic carbocycles. The highest BCUT2D eigenvalue weighted by atomic mass is 15.3. The molecule has 0 bridgehead atoms. The summed E-state index contributed by atoms with van der Waals surface area (Å²) in [4.78, 5) is 0. The van der Waals surface area contributed by atoms with Gasteiger partial charge in [-0.3, -0.25) is 4.68 Å². The zero-order valence-electron chi connectivity index (χ0n) is 13.1. The molecule has 20 heavy (non-hydrogen) atoms. The van der Waals surface area contributed by atoms with Crippen LogP contribution in [0.5, 0.6) is 0 Å². The molecule has 1 aromatic rings. The number of nitrogens with one attached hydrogen (secondary N) is 1. The van der Waals surface area contributed by atoms with Crippen LogP contribution in [0.2, 0.25) is 0 Å². The third kappa shape index (κ3) is 2.78. The van der Waals surface area contributed by atoms with Gasteiger partial charge in [0, 0.05) is 18.3 Å². The number of aromatic nitrogens is 2. The maximum absolute atomic E-state index is 4.53. The van der Waals surface area contributed by atoms with Crippen LogP contribution in [-0.2, 0) is 6.54 Å². The predicted octanol–water partition coefficient (Wildman–Crippen LogP) is 3.59. The lowest BCUT2D eigenvalue weighted by Crippen LogP contribution is -2.54. The van der Waals surface area contributed by atoms with E-state index >= 15 is 0 Å². The lowest BCUT2D eigenvalue weighted by Gasteiger charge is -2.52. The van der Waals surface area contributed by atoms with Crippen molar-refractivity contribution in [2.75, 3.05) is 6.54 Å². The monoisotopic (exact) mass is 275 g/mol. The normalized spacial score (nSPS) is 24.8. The largest absolute Gasteiger partial charge is 0.313 e. The zero-order chi connectivity index (χ0) is 14.0. The van der Waals surface area contributed by atoms with E-state index in [0.29, 0.717) is 5.41 Å². The number of nitrogens with zero attached hydrogens (tertiary/aromatic N) is 2. The molecule has 1 heterocycles. The Labute approximate surface area is 123 Å². The molecule has 2 aliphatic rings. The van der Waals surface area contributed by atoms with Crippen LogP contribution < -0.4 is 5.32 Å². The topological polar surface area (TPSA) is 29.9 Å². The van der Waals surface area contributed by atoms with E-state index < -0.39 is 0 Å². The first kappa shape index (κ1) is 14.1. The Bertz CT molecular complexity index is 443. The fraction of sp³-hybridized carbons (Fsp3) is 0.824. The third-order valence-electron chi connectivity index (χ3n) is 5.56. The van der Waals surface area contributed by atoms with Gasteiger partial charge in [0.2, 0.25) is 0 Å². The number of aryl methyl sites for hydroxylation is 3. The maximum Gasteiger partial charge on any atom is 0.0596 e. The standard InChI is InChI=1S/C17H29N3/c1-14-13-15(2)20(19-14)12-6-11-18-16-7-10-17(16)8-4-3-5-9-17/h13,16,18H,3-12H2,1-2H3. The zero-order valence-corrected chi connectivity index (χ0v) is 13.1. The highest BCUT2D eigenvalue weighted by Crippen LogP contribution is 2.51. The van der Waals surface area contributed by atoms with E-state index in [9.17, 15) is 0 Å². The van der Waals surface area contributed by atoms with Crippen LogP contribution in [0.4, 0.5) is 0 Å². The molecule has 0 radical (unpaired) electrons. The highest BCUT2D eigenvalue weighted by molar-refractivity contribution is 5.06. The summed E-state index contributed by atoms with van der Waals surface area (Å²) >= 11 is 0. The lowest BCUT2D eigenvalue weighted by atomic mass is 9.57. The minimum Gasteiger partial charge on any atom is -0.313 e. The van der Waals surface area contributed by atoms with E-state index in [2.05, 4.69) is 35.0 Å². The molecule has 3 heteroatoms. The van der Waals surface area contributed by atoms with Gasteiger partial charge in [0.25, 0.3) is 0 Å². The minimum atomic E-state index is 0.691. The molecule has 1 atom stereocenters. The fourth-order valence-electron chi connectivity index (χ4n) is 4.28. The first-order chi connectivity index (χ1) is 9.70. The van der Waals surface area contributed by atoms with E-state index in [1.165, 1.54) is 57.1 Å². The van der Waals surface area contributed by atoms with Crippen molar-refractivity contribution in [2.24, 2.45) is 5.41 Å². The Morgan fingerprint density at radius 1 is 1.25 bits per heavy atom. The van der Waals surface area contributed by atoms with Gasteiger partial charge in [-0.25, -0.2) is 0 Å². The van der Waals surface area contributed by atoms with Gasteiger partial charge in [-0.2, -0.15) is 5.10 Å². The van der Waals surface area contributed by atoms with Crippen LogP contribution in [0.15, 0.2) is 6.07 Å². The average Bonchev–Trinajstić information content (AvgIpc) is 2.76. The predicted molar refractivity (Wildman–Crippen MR) is 82.9 cm³/mol. The van der Waals surface area contributed by atoms with Gasteiger partial charge >= 0.3 is 0 Å². The molecule has 0 aromatic carbocycles. The van der Waals surface area contributed by atoms with Gasteiger partial charge < -0.3 is 5.32 Å². The van der Waals surface area contributed by atoms with Crippen molar-refractivity contribution in [1.29, 1.82) is 0 Å². The maximum atomic E-state index is 4.53. The Hall–Kier alpha value is -0.830. The van der Waals surface area contributed by atoms with Crippen LogP contribution in [-0.4, -0.2) is 22.4 Å². The van der Waals surface area contributed by atoms with Gasteiger partial charge in [0.05, 0.1) is 5.69 Å². The van der Waals surface area contributed by atoms with Crippen LogP contribution >= 0.6 is 0 Å². The second kappa shape index (κ2) is 5.88. The van der Waals surface area contributed by atoms with Crippen molar-refractivity contribution < 1.29 is 0 Å². The third-order valence-corrected chi connectivity index (χ3v) is 5.56. The van der Waals surface area contributed by atoms with Gasteiger partial charge in [-0.1, -0.05) is 19.3 Å². The first-order valence-electron chi connectivity index (χ1n) is 8.44. The number of hydrogen-bond acceptors (Lipinski definition) is 2. The lowest BCUT2D eigenvalue weighted by molar-refractivity contribution is 0.0231. The Balaban J connectivity index is 1.41. The van der Waals surface area contributed by atoms with E-state index in [-0.39, 0.29) is 0 Å². The van der Waals surface area contributed by atoms with E-state index in [1.807, 2.05) is 0 Å². The molecular weight excluding hydrogens is 246 g/mol. The molecule has 3 nitrogen and oxygen atoms in total. The summed E-state index contributed by atoms with van der Waals surface area (Å²) in [5, 5.41) is 8.37. The molecular formula is C17H29N3. The quantitative estimate of drug-likeness (QED) is 0.832. The Kier molecular flexibility index (Phi) is 4.16. The van der Waals surface area contributed by atoms with Crippen molar-refractivity contribution in [2.45, 2.75) is 77.8 Å². The van der Waals surface area contributed by atoms with E-state index in [0.717, 1.165) is 24.8 Å². The molecule has 0 amide bonds. The van der Waals surface area contributed by atoms with Crippen molar-refractivity contribution in [3.8, 4) is 0 Å². The van der Waals surface area contributed by atoms with Gasteiger partial charge in [0.15, 0.2) is 0 Å². The SMILES string of the molecule is Cc1cc(C)n(CCCNC2CCC23CCCCC3)n1. The van der Waals surface area contributed by atoms with E-state index in [4.69, 9.17) is 0 Å². The molecule has 1 N–H and O–H groups in total. The summed E-state index contributed by atoms with van der Waals surface area (Å²) in [5.74, 6) is 0. The molecule has 0 saturated heterocycles. The van der Waals surface area contributed by atoms with Crippen LogP contribution in [0.1, 0.15) is 62.8 Å². The molecule has 2 saturated carbocycles. The van der Waals surface area contributed by atoms with Gasteiger partial charge in [0.1, 0.15) is 0 Å². The molecule has 2 fully saturated rings. The molecule has 1 unspecified atom stereocenters. The summed E-state index contributed by atoms with van der Waals surface area (Å²) in [6.45, 7) is 6.41. The number of rotatable bonds is 5. The minimum absolute atomic E-state index is 0.691. The summed E-state index contributed by atoms with van der Waals surface area (Å²) < 4.78 is 2.15. The molecule has 0 aliphatic heterocycles. The smallest absolute Gasteiger partial charge is 0.0596 e. The van der Waals surface area contributed by atoms with Crippen LogP contribution in [0.3, 0.4) is 0 Å². The van der Waals surface area contributed by atoms with E-state index in [1.54, 1.807) is 0 Å². The molecule has 112 valence electrons. The number of hydrogen-bond donors (Lipinski definition) is 1. The fourth-order valence-corrected chi connectivity index (χ4v) is 4.28. The summed E-state index contributed by atoms with van der Waals surface area (Å²) in [6, 6.07) is 2.97. The highest BCUT2D eigenvalue weighted by Gasteiger charge is 2.46. The summed E-state index contributed by atoms with van der Waals surface area (Å²) in [5.41, 5.74) is 3.11. The van der Waals surface area contributed by atoms with Crippen LogP contribution in [0, 0.1) is 19.3 Å².